The lowest BCUT2D eigenvalue weighted by Gasteiger charge is -2.11. The van der Waals surface area contributed by atoms with Gasteiger partial charge in [-0.25, -0.2) is 0 Å². The van der Waals surface area contributed by atoms with Crippen molar-refractivity contribution >= 4 is 34.1 Å². The van der Waals surface area contributed by atoms with Crippen LogP contribution in [-0.4, -0.2) is 36.1 Å². The number of hydrogen-bond donors (Lipinski definition) is 1. The average molecular weight is 325 g/mol. The van der Waals surface area contributed by atoms with E-state index >= 15 is 0 Å². The SMILES string of the molecule is CCSc1nnc(NC(=O)c2c(OC)cccc2OC)s1. The Morgan fingerprint density at radius 1 is 1.29 bits per heavy atom. The molecule has 0 saturated carbocycles. The summed E-state index contributed by atoms with van der Waals surface area (Å²) >= 11 is 2.91. The standard InChI is InChI=1S/C13H15N3O3S2/c1-4-20-13-16-15-12(21-13)14-11(17)10-8(18-2)6-5-7-9(10)19-3/h5-7H,4H2,1-3H3,(H,14,15,17). The van der Waals surface area contributed by atoms with E-state index in [1.54, 1.807) is 30.0 Å². The van der Waals surface area contributed by atoms with Crippen molar-refractivity contribution in [3.05, 3.63) is 23.8 Å². The Balaban J connectivity index is 2.23. The smallest absolute Gasteiger partial charge is 0.265 e. The molecule has 0 aliphatic heterocycles. The minimum atomic E-state index is -0.339. The minimum Gasteiger partial charge on any atom is -0.496 e. The molecule has 0 aliphatic carbocycles. The molecule has 21 heavy (non-hydrogen) atoms. The van der Waals surface area contributed by atoms with Gasteiger partial charge in [-0.05, 0) is 17.9 Å². The molecule has 1 aromatic carbocycles. The highest BCUT2D eigenvalue weighted by Gasteiger charge is 2.19. The van der Waals surface area contributed by atoms with E-state index in [0.29, 0.717) is 22.2 Å². The number of benzene rings is 1. The summed E-state index contributed by atoms with van der Waals surface area (Å²) in [6.07, 6.45) is 0. The van der Waals surface area contributed by atoms with Crippen LogP contribution in [0.4, 0.5) is 5.13 Å². The first-order valence-corrected chi connectivity index (χ1v) is 7.98. The first kappa shape index (κ1) is 15.6. The first-order chi connectivity index (χ1) is 10.2. The molecule has 1 heterocycles. The number of carbonyl (C=O) groups excluding carboxylic acids is 1. The number of ether oxygens (including phenoxy) is 2. The summed E-state index contributed by atoms with van der Waals surface area (Å²) in [7, 11) is 3.01. The second kappa shape index (κ2) is 7.28. The fraction of sp³-hybridized carbons (Fsp3) is 0.308. The van der Waals surface area contributed by atoms with Gasteiger partial charge in [0.25, 0.3) is 5.91 Å². The fourth-order valence-electron chi connectivity index (χ4n) is 1.68. The summed E-state index contributed by atoms with van der Waals surface area (Å²) in [6.45, 7) is 2.03. The Bertz CT molecular complexity index is 609. The molecule has 0 saturated heterocycles. The van der Waals surface area contributed by atoms with Crippen LogP contribution in [0.15, 0.2) is 22.5 Å². The van der Waals surface area contributed by atoms with Gasteiger partial charge in [-0.15, -0.1) is 10.2 Å². The topological polar surface area (TPSA) is 73.3 Å². The fourth-order valence-corrected chi connectivity index (χ4v) is 3.32. The molecule has 0 fully saturated rings. The monoisotopic (exact) mass is 325 g/mol. The van der Waals surface area contributed by atoms with Crippen LogP contribution >= 0.6 is 23.1 Å². The Hall–Kier alpha value is -1.80. The molecule has 0 atom stereocenters. The van der Waals surface area contributed by atoms with Crippen LogP contribution < -0.4 is 14.8 Å². The van der Waals surface area contributed by atoms with Crippen LogP contribution in [-0.2, 0) is 0 Å². The van der Waals surface area contributed by atoms with Gasteiger partial charge >= 0.3 is 0 Å². The van der Waals surface area contributed by atoms with E-state index in [2.05, 4.69) is 15.5 Å². The summed E-state index contributed by atoms with van der Waals surface area (Å²) in [4.78, 5) is 12.4. The molecule has 2 aromatic rings. The highest BCUT2D eigenvalue weighted by molar-refractivity contribution is 8.01. The van der Waals surface area contributed by atoms with Crippen molar-refractivity contribution in [1.29, 1.82) is 0 Å². The van der Waals surface area contributed by atoms with Crippen molar-refractivity contribution < 1.29 is 14.3 Å². The van der Waals surface area contributed by atoms with Gasteiger partial charge in [0.1, 0.15) is 17.1 Å². The molecule has 6 nitrogen and oxygen atoms in total. The molecule has 2 rings (SSSR count). The largest absolute Gasteiger partial charge is 0.496 e. The maximum absolute atomic E-state index is 12.4. The van der Waals surface area contributed by atoms with E-state index < -0.39 is 0 Å². The molecule has 0 spiro atoms. The highest BCUT2D eigenvalue weighted by Crippen LogP contribution is 2.30. The van der Waals surface area contributed by atoms with Crippen LogP contribution in [0, 0.1) is 0 Å². The van der Waals surface area contributed by atoms with Crippen LogP contribution in [0.25, 0.3) is 0 Å². The zero-order chi connectivity index (χ0) is 15.2. The Labute approximate surface area is 130 Å². The van der Waals surface area contributed by atoms with Crippen molar-refractivity contribution in [2.24, 2.45) is 0 Å². The molecule has 112 valence electrons. The Morgan fingerprint density at radius 3 is 2.52 bits per heavy atom. The number of hydrogen-bond acceptors (Lipinski definition) is 7. The molecular formula is C13H15N3O3S2. The van der Waals surface area contributed by atoms with Gasteiger partial charge in [0.05, 0.1) is 14.2 Å². The lowest BCUT2D eigenvalue weighted by Crippen LogP contribution is -2.14. The van der Waals surface area contributed by atoms with Gasteiger partial charge in [-0.3, -0.25) is 10.1 Å². The van der Waals surface area contributed by atoms with Gasteiger partial charge < -0.3 is 9.47 Å². The third-order valence-electron chi connectivity index (χ3n) is 2.55. The normalized spacial score (nSPS) is 10.2. The third-order valence-corrected chi connectivity index (χ3v) is 4.40. The number of amides is 1. The Morgan fingerprint density at radius 2 is 1.95 bits per heavy atom. The number of rotatable bonds is 6. The molecule has 0 aliphatic rings. The summed E-state index contributed by atoms with van der Waals surface area (Å²) in [5, 5.41) is 11.1. The lowest BCUT2D eigenvalue weighted by molar-refractivity contribution is 0.102. The number of anilines is 1. The van der Waals surface area contributed by atoms with Gasteiger partial charge in [0.2, 0.25) is 5.13 Å². The van der Waals surface area contributed by atoms with Crippen molar-refractivity contribution in [2.45, 2.75) is 11.3 Å². The van der Waals surface area contributed by atoms with E-state index in [4.69, 9.17) is 9.47 Å². The molecule has 0 radical (unpaired) electrons. The van der Waals surface area contributed by atoms with Crippen LogP contribution in [0.5, 0.6) is 11.5 Å². The van der Waals surface area contributed by atoms with Crippen molar-refractivity contribution in [2.75, 3.05) is 25.3 Å². The maximum Gasteiger partial charge on any atom is 0.265 e. The zero-order valence-corrected chi connectivity index (χ0v) is 13.5. The van der Waals surface area contributed by atoms with Gasteiger partial charge in [0.15, 0.2) is 4.34 Å². The molecule has 1 aromatic heterocycles. The van der Waals surface area contributed by atoms with Crippen molar-refractivity contribution in [1.82, 2.24) is 10.2 Å². The lowest BCUT2D eigenvalue weighted by atomic mass is 10.1. The maximum atomic E-state index is 12.4. The molecular weight excluding hydrogens is 310 g/mol. The highest BCUT2D eigenvalue weighted by atomic mass is 32.2. The predicted molar refractivity (Wildman–Crippen MR) is 83.8 cm³/mol. The van der Waals surface area contributed by atoms with Crippen molar-refractivity contribution in [3.8, 4) is 11.5 Å². The second-order valence-electron chi connectivity index (χ2n) is 3.80. The number of methoxy groups -OCH3 is 2. The molecule has 0 unspecified atom stereocenters. The van der Waals surface area contributed by atoms with E-state index in [-0.39, 0.29) is 5.91 Å². The Kier molecular flexibility index (Phi) is 5.40. The predicted octanol–water partition coefficient (Wildman–Crippen LogP) is 2.92. The molecule has 8 heteroatoms. The number of thioether (sulfide) groups is 1. The zero-order valence-electron chi connectivity index (χ0n) is 11.9. The van der Waals surface area contributed by atoms with Crippen LogP contribution in [0.2, 0.25) is 0 Å². The number of carbonyl (C=O) groups is 1. The summed E-state index contributed by atoms with van der Waals surface area (Å²) in [6, 6.07) is 5.17. The van der Waals surface area contributed by atoms with Gasteiger partial charge in [-0.2, -0.15) is 0 Å². The molecule has 1 amide bonds. The summed E-state index contributed by atoms with van der Waals surface area (Å²) in [5.41, 5.74) is 0.336. The van der Waals surface area contributed by atoms with Crippen LogP contribution in [0.3, 0.4) is 0 Å². The van der Waals surface area contributed by atoms with Gasteiger partial charge in [-0.1, -0.05) is 36.1 Å². The van der Waals surface area contributed by atoms with E-state index in [1.165, 1.54) is 25.6 Å². The average Bonchev–Trinajstić information content (AvgIpc) is 2.93. The quantitative estimate of drug-likeness (QED) is 0.650. The van der Waals surface area contributed by atoms with Gasteiger partial charge in [0, 0.05) is 0 Å². The van der Waals surface area contributed by atoms with E-state index in [9.17, 15) is 4.79 Å². The van der Waals surface area contributed by atoms with Crippen molar-refractivity contribution in [3.63, 3.8) is 0 Å². The first-order valence-electron chi connectivity index (χ1n) is 6.18. The molecule has 1 N–H and O–H groups in total. The number of nitrogens with zero attached hydrogens (tertiary/aromatic N) is 2. The third kappa shape index (κ3) is 3.64. The van der Waals surface area contributed by atoms with E-state index in [0.717, 1.165) is 10.1 Å². The second-order valence-corrected chi connectivity index (χ2v) is 6.29. The number of nitrogens with one attached hydrogen (secondary N) is 1. The van der Waals surface area contributed by atoms with E-state index in [1.807, 2.05) is 6.92 Å². The summed E-state index contributed by atoms with van der Waals surface area (Å²) in [5.74, 6) is 1.45. The minimum absolute atomic E-state index is 0.336. The number of aromatic nitrogens is 2. The molecule has 0 bridgehead atoms. The van der Waals surface area contributed by atoms with Crippen LogP contribution in [0.1, 0.15) is 17.3 Å². The summed E-state index contributed by atoms with van der Waals surface area (Å²) < 4.78 is 11.2.